The van der Waals surface area contributed by atoms with Crippen LogP contribution in [0.1, 0.15) is 26.3 Å². The smallest absolute Gasteiger partial charge is 0.0510 e. The molecule has 0 bridgehead atoms. The predicted molar refractivity (Wildman–Crippen MR) is 79.6 cm³/mol. The van der Waals surface area contributed by atoms with Crippen LogP contribution in [0.3, 0.4) is 0 Å². The summed E-state index contributed by atoms with van der Waals surface area (Å²) >= 11 is 3.67. The summed E-state index contributed by atoms with van der Waals surface area (Å²) in [7, 11) is 4.12. The van der Waals surface area contributed by atoms with E-state index in [9.17, 15) is 0 Å². The van der Waals surface area contributed by atoms with Crippen molar-refractivity contribution in [2.45, 2.75) is 33.4 Å². The van der Waals surface area contributed by atoms with E-state index in [-0.39, 0.29) is 0 Å². The maximum Gasteiger partial charge on any atom is 0.0510 e. The lowest BCUT2D eigenvalue weighted by Crippen LogP contribution is -2.33. The summed E-state index contributed by atoms with van der Waals surface area (Å²) in [6.07, 6.45) is 0. The molecule has 0 aliphatic carbocycles. The van der Waals surface area contributed by atoms with Gasteiger partial charge in [0.1, 0.15) is 0 Å². The molecular weight excluding hydrogens is 276 g/mol. The summed E-state index contributed by atoms with van der Waals surface area (Å²) in [5.74, 6) is 0.642. The molecule has 1 aromatic carbocycles. The standard InChI is InChI=1S/C14H23BrN2/c1-10(2)11(3)17(5)14-7-6-12(9-16-4)8-13(14)15/h6-8,10-11,16H,9H2,1-5H3. The van der Waals surface area contributed by atoms with Crippen molar-refractivity contribution in [2.24, 2.45) is 5.92 Å². The second-order valence-corrected chi connectivity index (χ2v) is 5.77. The van der Waals surface area contributed by atoms with Crippen LogP contribution in [0.2, 0.25) is 0 Å². The van der Waals surface area contributed by atoms with Gasteiger partial charge < -0.3 is 10.2 Å². The predicted octanol–water partition coefficient (Wildman–Crippen LogP) is 3.65. The molecule has 1 aromatic rings. The molecule has 0 aliphatic rings. The number of nitrogens with zero attached hydrogens (tertiary/aromatic N) is 1. The fourth-order valence-electron chi connectivity index (χ4n) is 1.82. The van der Waals surface area contributed by atoms with Crippen LogP contribution in [-0.2, 0) is 6.54 Å². The molecule has 0 saturated heterocycles. The molecule has 0 heterocycles. The van der Waals surface area contributed by atoms with Crippen molar-refractivity contribution in [1.29, 1.82) is 0 Å². The van der Waals surface area contributed by atoms with E-state index in [2.05, 4.69) is 72.2 Å². The molecule has 2 nitrogen and oxygen atoms in total. The van der Waals surface area contributed by atoms with E-state index >= 15 is 0 Å². The second kappa shape index (κ2) is 6.41. The number of anilines is 1. The first kappa shape index (κ1) is 14.5. The van der Waals surface area contributed by atoms with Crippen molar-refractivity contribution in [2.75, 3.05) is 19.0 Å². The lowest BCUT2D eigenvalue weighted by molar-refractivity contribution is 0.505. The van der Waals surface area contributed by atoms with E-state index in [1.54, 1.807) is 0 Å². The third-order valence-corrected chi connectivity index (χ3v) is 3.98. The Kier molecular flexibility index (Phi) is 5.47. The summed E-state index contributed by atoms with van der Waals surface area (Å²) in [5, 5.41) is 3.17. The Morgan fingerprint density at radius 2 is 1.94 bits per heavy atom. The third kappa shape index (κ3) is 3.71. The van der Waals surface area contributed by atoms with Crippen LogP contribution in [0, 0.1) is 5.92 Å². The van der Waals surface area contributed by atoms with Crippen LogP contribution in [-0.4, -0.2) is 20.1 Å². The van der Waals surface area contributed by atoms with E-state index in [1.165, 1.54) is 15.7 Å². The fraction of sp³-hybridized carbons (Fsp3) is 0.571. The summed E-state index contributed by atoms with van der Waals surface area (Å²) in [6, 6.07) is 7.09. The molecule has 17 heavy (non-hydrogen) atoms. The maximum atomic E-state index is 3.67. The highest BCUT2D eigenvalue weighted by Crippen LogP contribution is 2.29. The minimum Gasteiger partial charge on any atom is -0.371 e. The monoisotopic (exact) mass is 298 g/mol. The minimum atomic E-state index is 0.529. The zero-order valence-electron chi connectivity index (χ0n) is 11.4. The SMILES string of the molecule is CNCc1ccc(N(C)C(C)C(C)C)c(Br)c1. The van der Waals surface area contributed by atoms with E-state index in [0.29, 0.717) is 12.0 Å². The first-order valence-electron chi connectivity index (χ1n) is 6.13. The van der Waals surface area contributed by atoms with Crippen molar-refractivity contribution in [1.82, 2.24) is 5.32 Å². The molecule has 0 fully saturated rings. The Labute approximate surface area is 114 Å². The van der Waals surface area contributed by atoms with Gasteiger partial charge >= 0.3 is 0 Å². The quantitative estimate of drug-likeness (QED) is 0.893. The number of benzene rings is 1. The van der Waals surface area contributed by atoms with E-state index in [4.69, 9.17) is 0 Å². The van der Waals surface area contributed by atoms with Gasteiger partial charge in [-0.25, -0.2) is 0 Å². The maximum absolute atomic E-state index is 3.67. The van der Waals surface area contributed by atoms with Crippen molar-refractivity contribution < 1.29 is 0 Å². The van der Waals surface area contributed by atoms with Gasteiger partial charge in [-0.05, 0) is 53.5 Å². The summed E-state index contributed by atoms with van der Waals surface area (Å²) in [4.78, 5) is 2.33. The lowest BCUT2D eigenvalue weighted by Gasteiger charge is -2.31. The third-order valence-electron chi connectivity index (χ3n) is 3.35. The average molecular weight is 299 g/mol. The zero-order valence-corrected chi connectivity index (χ0v) is 13.0. The molecular formula is C14H23BrN2. The molecule has 1 rings (SSSR count). The summed E-state index contributed by atoms with van der Waals surface area (Å²) in [5.41, 5.74) is 2.56. The van der Waals surface area contributed by atoms with Gasteiger partial charge in [0.25, 0.3) is 0 Å². The number of rotatable bonds is 5. The molecule has 96 valence electrons. The molecule has 0 aromatic heterocycles. The van der Waals surface area contributed by atoms with Gasteiger partial charge in [-0.1, -0.05) is 19.9 Å². The van der Waals surface area contributed by atoms with Gasteiger partial charge in [0.05, 0.1) is 5.69 Å². The number of hydrogen-bond acceptors (Lipinski definition) is 2. The second-order valence-electron chi connectivity index (χ2n) is 4.91. The van der Waals surface area contributed by atoms with Gasteiger partial charge in [0.15, 0.2) is 0 Å². The Morgan fingerprint density at radius 3 is 2.41 bits per heavy atom. The average Bonchev–Trinajstić information content (AvgIpc) is 2.27. The number of nitrogens with one attached hydrogen (secondary N) is 1. The zero-order chi connectivity index (χ0) is 13.0. The first-order valence-corrected chi connectivity index (χ1v) is 6.92. The van der Waals surface area contributed by atoms with E-state index in [1.807, 2.05) is 7.05 Å². The largest absolute Gasteiger partial charge is 0.371 e. The molecule has 0 radical (unpaired) electrons. The Bertz CT molecular complexity index is 363. The van der Waals surface area contributed by atoms with Crippen LogP contribution in [0.4, 0.5) is 5.69 Å². The summed E-state index contributed by atoms with van der Waals surface area (Å²) in [6.45, 7) is 7.68. The normalized spacial score (nSPS) is 12.9. The van der Waals surface area contributed by atoms with Gasteiger partial charge in [-0.2, -0.15) is 0 Å². The minimum absolute atomic E-state index is 0.529. The van der Waals surface area contributed by atoms with Crippen molar-refractivity contribution in [3.8, 4) is 0 Å². The highest BCUT2D eigenvalue weighted by atomic mass is 79.9. The number of hydrogen-bond donors (Lipinski definition) is 1. The molecule has 1 unspecified atom stereocenters. The molecule has 1 N–H and O–H groups in total. The topological polar surface area (TPSA) is 15.3 Å². The molecule has 0 aliphatic heterocycles. The molecule has 0 saturated carbocycles. The highest BCUT2D eigenvalue weighted by Gasteiger charge is 2.15. The number of halogens is 1. The van der Waals surface area contributed by atoms with Crippen LogP contribution >= 0.6 is 15.9 Å². The van der Waals surface area contributed by atoms with Gasteiger partial charge in [0, 0.05) is 24.1 Å². The fourth-order valence-corrected chi connectivity index (χ4v) is 2.52. The molecule has 0 amide bonds. The lowest BCUT2D eigenvalue weighted by atomic mass is 10.0. The van der Waals surface area contributed by atoms with Crippen molar-refractivity contribution in [3.63, 3.8) is 0 Å². The van der Waals surface area contributed by atoms with Crippen LogP contribution < -0.4 is 10.2 Å². The van der Waals surface area contributed by atoms with Gasteiger partial charge in [-0.15, -0.1) is 0 Å². The highest BCUT2D eigenvalue weighted by molar-refractivity contribution is 9.10. The molecule has 1 atom stereocenters. The van der Waals surface area contributed by atoms with Crippen molar-refractivity contribution >= 4 is 21.6 Å². The van der Waals surface area contributed by atoms with Gasteiger partial charge in [-0.3, -0.25) is 0 Å². The van der Waals surface area contributed by atoms with E-state index < -0.39 is 0 Å². The van der Waals surface area contributed by atoms with Crippen LogP contribution in [0.15, 0.2) is 22.7 Å². The van der Waals surface area contributed by atoms with Crippen molar-refractivity contribution in [3.05, 3.63) is 28.2 Å². The Hall–Kier alpha value is -0.540. The van der Waals surface area contributed by atoms with Crippen LogP contribution in [0.5, 0.6) is 0 Å². The van der Waals surface area contributed by atoms with E-state index in [0.717, 1.165) is 6.54 Å². The Balaban J connectivity index is 2.91. The molecule has 0 spiro atoms. The first-order chi connectivity index (χ1) is 7.97. The summed E-state index contributed by atoms with van der Waals surface area (Å²) < 4.78 is 1.17. The Morgan fingerprint density at radius 1 is 1.29 bits per heavy atom. The molecule has 3 heteroatoms. The van der Waals surface area contributed by atoms with Crippen LogP contribution in [0.25, 0.3) is 0 Å². The van der Waals surface area contributed by atoms with Gasteiger partial charge in [0.2, 0.25) is 0 Å².